The lowest BCUT2D eigenvalue weighted by Gasteiger charge is -2.37. The van der Waals surface area contributed by atoms with Crippen LogP contribution >= 0.6 is 0 Å². The number of carbonyl (C=O) groups is 1. The molecule has 2 atom stereocenters. The normalized spacial score (nSPS) is 20.4. The third-order valence-electron chi connectivity index (χ3n) is 6.55. The van der Waals surface area contributed by atoms with Crippen molar-refractivity contribution in [2.75, 3.05) is 36.5 Å². The van der Waals surface area contributed by atoms with Crippen molar-refractivity contribution >= 4 is 17.4 Å². The van der Waals surface area contributed by atoms with E-state index in [1.54, 1.807) is 13.1 Å². The van der Waals surface area contributed by atoms with Gasteiger partial charge in [-0.1, -0.05) is 0 Å². The third-order valence-corrected chi connectivity index (χ3v) is 6.55. The number of rotatable bonds is 7. The third kappa shape index (κ3) is 5.75. The van der Waals surface area contributed by atoms with Gasteiger partial charge in [0.1, 0.15) is 11.9 Å². The molecule has 2 aliphatic heterocycles. The Morgan fingerprint density at radius 2 is 1.91 bits per heavy atom. The van der Waals surface area contributed by atoms with Crippen LogP contribution in [0.2, 0.25) is 0 Å². The number of hydrogen-bond donors (Lipinski definition) is 2. The van der Waals surface area contributed by atoms with Gasteiger partial charge in [0.2, 0.25) is 0 Å². The second-order valence-electron chi connectivity index (χ2n) is 9.05. The van der Waals surface area contributed by atoms with Gasteiger partial charge in [-0.15, -0.1) is 0 Å². The van der Waals surface area contributed by atoms with E-state index in [2.05, 4.69) is 20.5 Å². The molecule has 2 N–H and O–H groups in total. The van der Waals surface area contributed by atoms with Gasteiger partial charge in [0, 0.05) is 49.9 Å². The molecule has 9 nitrogen and oxygen atoms in total. The maximum atomic E-state index is 12.9. The Kier molecular flexibility index (Phi) is 7.29. The van der Waals surface area contributed by atoms with Crippen molar-refractivity contribution < 1.29 is 22.7 Å². The zero-order chi connectivity index (χ0) is 25.2. The van der Waals surface area contributed by atoms with Crippen LogP contribution in [0, 0.1) is 6.92 Å². The molecule has 2 aromatic heterocycles. The fourth-order valence-electron chi connectivity index (χ4n) is 4.51. The predicted octanol–water partition coefficient (Wildman–Crippen LogP) is 2.58. The van der Waals surface area contributed by atoms with Crippen molar-refractivity contribution in [2.24, 2.45) is 0 Å². The molecule has 35 heavy (non-hydrogen) atoms. The Balaban J connectivity index is 1.24. The van der Waals surface area contributed by atoms with E-state index >= 15 is 0 Å². The first-order chi connectivity index (χ1) is 16.6. The molecule has 0 aromatic carbocycles. The summed E-state index contributed by atoms with van der Waals surface area (Å²) in [6.07, 6.45) is -0.469. The van der Waals surface area contributed by atoms with Crippen LogP contribution < -0.4 is 15.8 Å². The molecule has 2 aliphatic rings. The molecule has 0 bridgehead atoms. The van der Waals surface area contributed by atoms with Crippen molar-refractivity contribution in [1.29, 1.82) is 0 Å². The highest BCUT2D eigenvalue weighted by atomic mass is 19.4. The van der Waals surface area contributed by atoms with Gasteiger partial charge in [0.15, 0.2) is 0 Å². The summed E-state index contributed by atoms with van der Waals surface area (Å²) in [4.78, 5) is 32.4. The molecule has 2 fully saturated rings. The summed E-state index contributed by atoms with van der Waals surface area (Å²) >= 11 is 0. The minimum absolute atomic E-state index is 0.0303. The molecular formula is C23H29F3N6O3. The topological polar surface area (TPSA) is 103 Å². The van der Waals surface area contributed by atoms with E-state index in [0.29, 0.717) is 62.6 Å². The molecular weight excluding hydrogens is 465 g/mol. The number of nitrogens with zero attached hydrogens (tertiary/aromatic N) is 4. The monoisotopic (exact) mass is 494 g/mol. The van der Waals surface area contributed by atoms with E-state index in [1.165, 1.54) is 6.07 Å². The first-order valence-corrected chi connectivity index (χ1v) is 11.6. The summed E-state index contributed by atoms with van der Waals surface area (Å²) < 4.78 is 44.2. The van der Waals surface area contributed by atoms with Crippen LogP contribution in [-0.4, -0.2) is 70.4 Å². The average Bonchev–Trinajstić information content (AvgIpc) is 3.20. The molecule has 190 valence electrons. The molecule has 12 heteroatoms. The fourth-order valence-corrected chi connectivity index (χ4v) is 4.51. The van der Waals surface area contributed by atoms with E-state index in [4.69, 9.17) is 4.74 Å². The number of amides is 1. The molecule has 0 spiro atoms. The maximum absolute atomic E-state index is 12.9. The number of aromatic amines is 1. The van der Waals surface area contributed by atoms with Crippen LogP contribution in [-0.2, 0) is 15.7 Å². The largest absolute Gasteiger partial charge is 0.417 e. The van der Waals surface area contributed by atoms with Crippen LogP contribution in [0.5, 0.6) is 0 Å². The molecule has 0 aliphatic carbocycles. The van der Waals surface area contributed by atoms with Crippen LogP contribution in [0.3, 0.4) is 0 Å². The number of alkyl halides is 3. The van der Waals surface area contributed by atoms with Gasteiger partial charge in [-0.3, -0.25) is 9.59 Å². The van der Waals surface area contributed by atoms with Crippen molar-refractivity contribution in [3.63, 3.8) is 0 Å². The Morgan fingerprint density at radius 3 is 2.57 bits per heavy atom. The standard InChI is InChI=1S/C23H29F3N6O3/c1-14(29-18-12-28-30-21(33)15(18)2)13-35-19-7-10-32(22(19)34)17-5-8-31(9-6-17)20-4-3-16(11-27-20)23(24,25)26/h3-4,11-12,14,17,19H,5-10,13H2,1-2H3,(H2,29,30,33)/t14-,19+/m0/s1. The summed E-state index contributed by atoms with van der Waals surface area (Å²) in [7, 11) is 0. The van der Waals surface area contributed by atoms with Crippen LogP contribution in [0.25, 0.3) is 0 Å². The fraction of sp³-hybridized carbons (Fsp3) is 0.565. The van der Waals surface area contributed by atoms with Gasteiger partial charge in [-0.05, 0) is 38.8 Å². The number of anilines is 2. The zero-order valence-electron chi connectivity index (χ0n) is 19.6. The smallest absolute Gasteiger partial charge is 0.379 e. The van der Waals surface area contributed by atoms with Crippen molar-refractivity contribution in [1.82, 2.24) is 20.1 Å². The lowest BCUT2D eigenvalue weighted by molar-refractivity contribution is -0.139. The highest BCUT2D eigenvalue weighted by molar-refractivity contribution is 5.83. The first kappa shape index (κ1) is 25.0. The quantitative estimate of drug-likeness (QED) is 0.610. The molecule has 2 aromatic rings. The zero-order valence-corrected chi connectivity index (χ0v) is 19.6. The van der Waals surface area contributed by atoms with Crippen LogP contribution in [0.4, 0.5) is 24.7 Å². The summed E-state index contributed by atoms with van der Waals surface area (Å²) in [6.45, 7) is 5.75. The minimum Gasteiger partial charge on any atom is -0.379 e. The summed E-state index contributed by atoms with van der Waals surface area (Å²) in [5, 5.41) is 9.36. The van der Waals surface area contributed by atoms with Gasteiger partial charge in [0.05, 0.1) is 24.1 Å². The Morgan fingerprint density at radius 1 is 1.17 bits per heavy atom. The number of halogens is 3. The van der Waals surface area contributed by atoms with Gasteiger partial charge >= 0.3 is 6.18 Å². The Labute approximate surface area is 200 Å². The van der Waals surface area contributed by atoms with Crippen molar-refractivity contribution in [3.05, 3.63) is 46.0 Å². The number of H-pyrrole nitrogens is 1. The second kappa shape index (κ2) is 10.2. The van der Waals surface area contributed by atoms with E-state index in [0.717, 1.165) is 12.3 Å². The van der Waals surface area contributed by atoms with E-state index in [1.807, 2.05) is 16.7 Å². The number of piperidine rings is 1. The van der Waals surface area contributed by atoms with Crippen molar-refractivity contribution in [2.45, 2.75) is 57.5 Å². The second-order valence-corrected chi connectivity index (χ2v) is 9.05. The number of aromatic nitrogens is 3. The highest BCUT2D eigenvalue weighted by Gasteiger charge is 2.38. The van der Waals surface area contributed by atoms with Crippen LogP contribution in [0.1, 0.15) is 37.3 Å². The lowest BCUT2D eigenvalue weighted by atomic mass is 10.0. The molecule has 0 radical (unpaired) electrons. The van der Waals surface area contributed by atoms with E-state index < -0.39 is 17.8 Å². The van der Waals surface area contributed by atoms with Crippen LogP contribution in [0.15, 0.2) is 29.3 Å². The molecule has 4 heterocycles. The molecule has 4 rings (SSSR count). The maximum Gasteiger partial charge on any atom is 0.417 e. The molecule has 2 saturated heterocycles. The number of likely N-dealkylation sites (tertiary alicyclic amines) is 1. The van der Waals surface area contributed by atoms with Gasteiger partial charge < -0.3 is 19.9 Å². The number of hydrogen-bond acceptors (Lipinski definition) is 7. The van der Waals surface area contributed by atoms with Gasteiger partial charge in [-0.2, -0.15) is 18.3 Å². The minimum atomic E-state index is -4.40. The summed E-state index contributed by atoms with van der Waals surface area (Å²) in [5.41, 5.74) is 0.134. The predicted molar refractivity (Wildman–Crippen MR) is 123 cm³/mol. The lowest BCUT2D eigenvalue weighted by Crippen LogP contribution is -2.47. The number of pyridine rings is 1. The SMILES string of the molecule is Cc1c(N[C@@H](C)CO[C@@H]2CCN(C3CCN(c4ccc(C(F)(F)F)cn4)CC3)C2=O)cn[nH]c1=O. The van der Waals surface area contributed by atoms with Crippen molar-refractivity contribution in [3.8, 4) is 0 Å². The molecule has 0 saturated carbocycles. The molecule has 1 amide bonds. The summed E-state index contributed by atoms with van der Waals surface area (Å²) in [6, 6.07) is 2.39. The number of nitrogens with one attached hydrogen (secondary N) is 2. The number of carbonyl (C=O) groups excluding carboxylic acids is 1. The first-order valence-electron chi connectivity index (χ1n) is 11.6. The Bertz CT molecular complexity index is 1080. The summed E-state index contributed by atoms with van der Waals surface area (Å²) in [5.74, 6) is 0.482. The molecule has 0 unspecified atom stereocenters. The van der Waals surface area contributed by atoms with Gasteiger partial charge in [-0.25, -0.2) is 10.1 Å². The van der Waals surface area contributed by atoms with E-state index in [-0.39, 0.29) is 23.6 Å². The highest BCUT2D eigenvalue weighted by Crippen LogP contribution is 2.30. The van der Waals surface area contributed by atoms with Gasteiger partial charge in [0.25, 0.3) is 11.5 Å². The Hall–Kier alpha value is -3.15. The van der Waals surface area contributed by atoms with E-state index in [9.17, 15) is 22.8 Å². The average molecular weight is 495 g/mol. The number of ether oxygens (including phenoxy) is 1.